The highest BCUT2D eigenvalue weighted by molar-refractivity contribution is 7.89. The van der Waals surface area contributed by atoms with Crippen LogP contribution in [0.25, 0.3) is 11.1 Å². The van der Waals surface area contributed by atoms with Crippen LogP contribution in [-0.4, -0.2) is 61.0 Å². The topological polar surface area (TPSA) is 151 Å². The van der Waals surface area contributed by atoms with Crippen LogP contribution in [0.4, 0.5) is 11.7 Å². The number of hydrogen-bond acceptors (Lipinski definition) is 8. The molecule has 1 aromatic heterocycles. The maximum absolute atomic E-state index is 13.9. The van der Waals surface area contributed by atoms with Crippen LogP contribution in [0.5, 0.6) is 0 Å². The lowest BCUT2D eigenvalue weighted by atomic mass is 9.99. The van der Waals surface area contributed by atoms with Gasteiger partial charge in [-0.05, 0) is 54.7 Å². The number of nitrogens with zero attached hydrogens (tertiary/aromatic N) is 2. The molecule has 5 N–H and O–H groups in total. The predicted molar refractivity (Wildman–Crippen MR) is 160 cm³/mol. The summed E-state index contributed by atoms with van der Waals surface area (Å²) in [5.74, 6) is -0.428. The van der Waals surface area contributed by atoms with Gasteiger partial charge in [0.15, 0.2) is 5.58 Å². The molecule has 11 heteroatoms. The molecular formula is C30H37N5O5S. The molecule has 0 aliphatic rings. The number of rotatable bonds is 12. The van der Waals surface area contributed by atoms with Crippen molar-refractivity contribution in [1.82, 2.24) is 14.6 Å². The molecule has 4 aromatic rings. The Morgan fingerprint density at radius 2 is 1.80 bits per heavy atom. The maximum atomic E-state index is 13.9. The number of amides is 1. The molecular weight excluding hydrogens is 542 g/mol. The molecule has 3 aromatic carbocycles. The molecule has 2 unspecified atom stereocenters. The number of carbonyl (C=O) groups excluding carboxylic acids is 1. The van der Waals surface area contributed by atoms with Gasteiger partial charge >= 0.3 is 0 Å². The zero-order valence-corrected chi connectivity index (χ0v) is 24.5. The van der Waals surface area contributed by atoms with Crippen molar-refractivity contribution in [2.75, 3.05) is 31.2 Å². The first-order valence-corrected chi connectivity index (χ1v) is 14.9. The van der Waals surface area contributed by atoms with Crippen molar-refractivity contribution in [2.45, 2.75) is 44.2 Å². The summed E-state index contributed by atoms with van der Waals surface area (Å²) < 4.78 is 34.6. The van der Waals surface area contributed by atoms with E-state index in [0.29, 0.717) is 34.3 Å². The quantitative estimate of drug-likeness (QED) is 0.185. The summed E-state index contributed by atoms with van der Waals surface area (Å²) >= 11 is 0. The molecule has 218 valence electrons. The number of carbonyl (C=O) groups is 1. The highest BCUT2D eigenvalue weighted by atomic mass is 32.2. The monoisotopic (exact) mass is 579 g/mol. The number of benzene rings is 3. The third-order valence-electron chi connectivity index (χ3n) is 6.87. The molecule has 0 bridgehead atoms. The molecule has 0 aliphatic carbocycles. The van der Waals surface area contributed by atoms with Gasteiger partial charge in [0.05, 0.1) is 17.0 Å². The van der Waals surface area contributed by atoms with Gasteiger partial charge in [-0.25, -0.2) is 8.42 Å². The lowest BCUT2D eigenvalue weighted by Crippen LogP contribution is -2.51. The number of anilines is 2. The minimum atomic E-state index is -4.04. The molecule has 0 saturated heterocycles. The molecule has 2 atom stereocenters. The van der Waals surface area contributed by atoms with Gasteiger partial charge in [-0.2, -0.15) is 9.29 Å². The van der Waals surface area contributed by atoms with Crippen molar-refractivity contribution < 1.29 is 22.7 Å². The molecule has 1 amide bonds. The van der Waals surface area contributed by atoms with Gasteiger partial charge in [0.2, 0.25) is 10.0 Å². The first-order chi connectivity index (χ1) is 19.5. The van der Waals surface area contributed by atoms with E-state index in [1.807, 2.05) is 44.2 Å². The number of aliphatic hydroxyl groups excluding tert-OH is 1. The molecule has 0 saturated carbocycles. The van der Waals surface area contributed by atoms with Crippen LogP contribution in [0.1, 0.15) is 35.3 Å². The van der Waals surface area contributed by atoms with E-state index in [-0.39, 0.29) is 29.9 Å². The number of nitrogens with two attached hydrogens (primary N) is 1. The van der Waals surface area contributed by atoms with Gasteiger partial charge < -0.3 is 25.9 Å². The summed E-state index contributed by atoms with van der Waals surface area (Å²) in [5.41, 5.74) is 9.25. The van der Waals surface area contributed by atoms with Gasteiger partial charge in [-0.1, -0.05) is 50.2 Å². The summed E-state index contributed by atoms with van der Waals surface area (Å²) in [5, 5.41) is 17.2. The van der Waals surface area contributed by atoms with Crippen LogP contribution in [0.15, 0.2) is 76.0 Å². The lowest BCUT2D eigenvalue weighted by molar-refractivity contribution is 0.0775. The fraction of sp³-hybridized carbons (Fsp3) is 0.333. The summed E-state index contributed by atoms with van der Waals surface area (Å²) in [6.07, 6.45) is -0.930. The van der Waals surface area contributed by atoms with E-state index in [2.05, 4.69) is 15.6 Å². The average molecular weight is 580 g/mol. The number of aromatic nitrogens is 1. The van der Waals surface area contributed by atoms with E-state index >= 15 is 0 Å². The van der Waals surface area contributed by atoms with Crippen LogP contribution in [0, 0.1) is 12.8 Å². The minimum absolute atomic E-state index is 0.0238. The molecule has 4 rings (SSSR count). The van der Waals surface area contributed by atoms with E-state index in [4.69, 9.17) is 10.2 Å². The Morgan fingerprint density at radius 1 is 1.07 bits per heavy atom. The summed E-state index contributed by atoms with van der Waals surface area (Å²) in [6, 6.07) is 18.5. The van der Waals surface area contributed by atoms with Crippen LogP contribution in [0.2, 0.25) is 0 Å². The Bertz CT molecular complexity index is 1600. The Hall–Kier alpha value is -3.93. The van der Waals surface area contributed by atoms with E-state index < -0.39 is 28.1 Å². The second-order valence-corrected chi connectivity index (χ2v) is 12.4. The Morgan fingerprint density at radius 3 is 2.49 bits per heavy atom. The van der Waals surface area contributed by atoms with Gasteiger partial charge in [-0.15, -0.1) is 0 Å². The number of oxazole rings is 1. The van der Waals surface area contributed by atoms with Crippen LogP contribution in [-0.2, 0) is 16.4 Å². The van der Waals surface area contributed by atoms with Crippen LogP contribution >= 0.6 is 0 Å². The first kappa shape index (κ1) is 30.0. The highest BCUT2D eigenvalue weighted by Crippen LogP contribution is 2.25. The van der Waals surface area contributed by atoms with E-state index in [0.717, 1.165) is 5.56 Å². The average Bonchev–Trinajstić information content (AvgIpc) is 3.37. The van der Waals surface area contributed by atoms with Gasteiger partial charge in [0, 0.05) is 37.5 Å². The third-order valence-corrected chi connectivity index (χ3v) is 8.70. The van der Waals surface area contributed by atoms with Gasteiger partial charge in [-0.3, -0.25) is 4.79 Å². The number of aliphatic hydroxyl groups is 1. The van der Waals surface area contributed by atoms with Crippen molar-refractivity contribution in [2.24, 2.45) is 5.92 Å². The number of fused-ring (bicyclic) bond motifs is 1. The first-order valence-electron chi connectivity index (χ1n) is 13.5. The summed E-state index contributed by atoms with van der Waals surface area (Å²) in [6.45, 7) is 5.49. The smallest absolute Gasteiger partial charge is 0.295 e. The Balaban J connectivity index is 1.64. The molecule has 10 nitrogen and oxygen atoms in total. The highest BCUT2D eigenvalue weighted by Gasteiger charge is 2.32. The van der Waals surface area contributed by atoms with Crippen molar-refractivity contribution in [3.63, 3.8) is 0 Å². The Labute approximate surface area is 240 Å². The standard InChI is InChI=1S/C30H37N5O5S/c1-19(2)17-35(41(38,39)22-13-14-25-28(16-22)40-30(32-4)34-25)18-27(36)26(15-21-9-6-5-7-10-21)33-29(37)23-11-8-12-24(31)20(23)3/h5-14,16,19,26-27,36H,15,17-18,31H2,1-4H3,(H,32,34)(H,33,37). The molecule has 0 spiro atoms. The lowest BCUT2D eigenvalue weighted by Gasteiger charge is -2.31. The zero-order chi connectivity index (χ0) is 29.7. The number of nitrogen functional groups attached to an aromatic ring is 1. The fourth-order valence-corrected chi connectivity index (χ4v) is 6.27. The van der Waals surface area contributed by atoms with Gasteiger partial charge in [0.1, 0.15) is 5.52 Å². The van der Waals surface area contributed by atoms with Gasteiger partial charge in [0.25, 0.3) is 11.9 Å². The van der Waals surface area contributed by atoms with Crippen molar-refractivity contribution >= 4 is 38.7 Å². The summed E-state index contributed by atoms with van der Waals surface area (Å²) in [7, 11) is -2.38. The number of sulfonamides is 1. The predicted octanol–water partition coefficient (Wildman–Crippen LogP) is 3.81. The van der Waals surface area contributed by atoms with Crippen molar-refractivity contribution in [1.29, 1.82) is 0 Å². The molecule has 41 heavy (non-hydrogen) atoms. The van der Waals surface area contributed by atoms with Crippen molar-refractivity contribution in [3.8, 4) is 0 Å². The number of nitrogens with one attached hydrogen (secondary N) is 2. The second-order valence-electron chi connectivity index (χ2n) is 10.5. The fourth-order valence-electron chi connectivity index (χ4n) is 4.63. The van der Waals surface area contributed by atoms with Crippen LogP contribution in [0.3, 0.4) is 0 Å². The molecule has 0 aliphatic heterocycles. The Kier molecular flexibility index (Phi) is 9.31. The molecule has 0 fully saturated rings. The molecule has 1 heterocycles. The minimum Gasteiger partial charge on any atom is -0.424 e. The zero-order valence-electron chi connectivity index (χ0n) is 23.7. The molecule has 0 radical (unpaired) electrons. The SMILES string of the molecule is CNc1nc2ccc(S(=O)(=O)N(CC(C)C)CC(O)C(Cc3ccccc3)NC(=O)c3cccc(N)c3C)cc2o1. The maximum Gasteiger partial charge on any atom is 0.295 e. The van der Waals surface area contributed by atoms with Crippen molar-refractivity contribution in [3.05, 3.63) is 83.4 Å². The summed E-state index contributed by atoms with van der Waals surface area (Å²) in [4.78, 5) is 17.6. The van der Waals surface area contributed by atoms with E-state index in [9.17, 15) is 18.3 Å². The second kappa shape index (κ2) is 12.7. The third kappa shape index (κ3) is 7.05. The largest absolute Gasteiger partial charge is 0.424 e. The van der Waals surface area contributed by atoms with E-state index in [1.54, 1.807) is 38.2 Å². The number of hydrogen-bond donors (Lipinski definition) is 4. The van der Waals surface area contributed by atoms with E-state index in [1.165, 1.54) is 16.4 Å². The van der Waals surface area contributed by atoms with Crippen LogP contribution < -0.4 is 16.4 Å². The normalized spacial score (nSPS) is 13.4.